The van der Waals surface area contributed by atoms with E-state index in [-0.39, 0.29) is 5.91 Å². The molecule has 3 rings (SSSR count). The molecule has 1 aromatic rings. The standard InChI is InChI=1S/C18H17NO/c1-12-5-3-7-15(13(12)2)11-19-18(20)17-10-9-14-6-4-8-16(14)17/h3-10H,11H2,1-2H3,(H,19,20). The third kappa shape index (κ3) is 2.14. The van der Waals surface area contributed by atoms with Gasteiger partial charge >= 0.3 is 0 Å². The SMILES string of the molecule is Cc1cccc(CNC(=O)C2=CC=C3C=CC=C32)c1C. The smallest absolute Gasteiger partial charge is 0.252 e. The lowest BCUT2D eigenvalue weighted by Crippen LogP contribution is -2.25. The van der Waals surface area contributed by atoms with Gasteiger partial charge in [0, 0.05) is 12.1 Å². The van der Waals surface area contributed by atoms with Gasteiger partial charge in [0.2, 0.25) is 0 Å². The van der Waals surface area contributed by atoms with Crippen LogP contribution >= 0.6 is 0 Å². The highest BCUT2D eigenvalue weighted by molar-refractivity contribution is 6.01. The second-order valence-electron chi connectivity index (χ2n) is 5.18. The lowest BCUT2D eigenvalue weighted by Gasteiger charge is -2.11. The minimum absolute atomic E-state index is 0.00731. The van der Waals surface area contributed by atoms with E-state index in [0.717, 1.165) is 16.7 Å². The summed E-state index contributed by atoms with van der Waals surface area (Å²) in [5.74, 6) is -0.00731. The number of nitrogens with one attached hydrogen (secondary N) is 1. The van der Waals surface area contributed by atoms with Gasteiger partial charge in [0.15, 0.2) is 0 Å². The molecule has 1 N–H and O–H groups in total. The molecule has 20 heavy (non-hydrogen) atoms. The summed E-state index contributed by atoms with van der Waals surface area (Å²) < 4.78 is 0. The molecule has 0 atom stereocenters. The maximum absolute atomic E-state index is 12.3. The first-order chi connectivity index (χ1) is 9.66. The Hall–Kier alpha value is -2.35. The molecule has 2 nitrogen and oxygen atoms in total. The van der Waals surface area contributed by atoms with Crippen LogP contribution in [0.5, 0.6) is 0 Å². The highest BCUT2D eigenvalue weighted by atomic mass is 16.1. The number of carbonyl (C=O) groups is 1. The molecule has 2 heteroatoms. The van der Waals surface area contributed by atoms with Gasteiger partial charge in [-0.2, -0.15) is 0 Å². The minimum atomic E-state index is -0.00731. The molecule has 100 valence electrons. The molecular formula is C18H17NO. The number of benzene rings is 1. The lowest BCUT2D eigenvalue weighted by molar-refractivity contribution is -0.117. The van der Waals surface area contributed by atoms with Crippen LogP contribution in [-0.2, 0) is 11.3 Å². The Bertz CT molecular complexity index is 702. The first-order valence-corrected chi connectivity index (χ1v) is 6.81. The van der Waals surface area contributed by atoms with Gasteiger partial charge in [0.25, 0.3) is 5.91 Å². The fraction of sp³-hybridized carbons (Fsp3) is 0.167. The summed E-state index contributed by atoms with van der Waals surface area (Å²) in [7, 11) is 0. The van der Waals surface area contributed by atoms with Crippen molar-refractivity contribution in [1.29, 1.82) is 0 Å². The largest absolute Gasteiger partial charge is 0.348 e. The van der Waals surface area contributed by atoms with Crippen LogP contribution in [-0.4, -0.2) is 5.91 Å². The van der Waals surface area contributed by atoms with E-state index in [9.17, 15) is 4.79 Å². The fourth-order valence-electron chi connectivity index (χ4n) is 2.56. The van der Waals surface area contributed by atoms with Gasteiger partial charge in [-0.15, -0.1) is 0 Å². The third-order valence-corrected chi connectivity index (χ3v) is 3.97. The van der Waals surface area contributed by atoms with Crippen LogP contribution in [0.1, 0.15) is 16.7 Å². The molecule has 1 aromatic carbocycles. The van der Waals surface area contributed by atoms with Crippen LogP contribution in [0.2, 0.25) is 0 Å². The van der Waals surface area contributed by atoms with E-state index in [4.69, 9.17) is 0 Å². The predicted molar refractivity (Wildman–Crippen MR) is 81.2 cm³/mol. The maximum Gasteiger partial charge on any atom is 0.252 e. The second kappa shape index (κ2) is 4.97. The molecular weight excluding hydrogens is 246 g/mol. The van der Waals surface area contributed by atoms with Gasteiger partial charge in [-0.05, 0) is 47.8 Å². The Morgan fingerprint density at radius 3 is 2.85 bits per heavy atom. The van der Waals surface area contributed by atoms with Crippen LogP contribution < -0.4 is 5.32 Å². The Morgan fingerprint density at radius 1 is 1.15 bits per heavy atom. The number of hydrogen-bond donors (Lipinski definition) is 1. The van der Waals surface area contributed by atoms with Crippen molar-refractivity contribution in [2.24, 2.45) is 0 Å². The molecule has 2 aliphatic carbocycles. The van der Waals surface area contributed by atoms with Crippen LogP contribution in [0.4, 0.5) is 0 Å². The molecule has 0 aromatic heterocycles. The van der Waals surface area contributed by atoms with Crippen LogP contribution in [0.15, 0.2) is 65.3 Å². The third-order valence-electron chi connectivity index (χ3n) is 3.97. The fourth-order valence-corrected chi connectivity index (χ4v) is 2.56. The summed E-state index contributed by atoms with van der Waals surface area (Å²) in [6.45, 7) is 4.75. The minimum Gasteiger partial charge on any atom is -0.348 e. The second-order valence-corrected chi connectivity index (χ2v) is 5.18. The molecule has 0 saturated heterocycles. The van der Waals surface area contributed by atoms with Crippen molar-refractivity contribution in [3.8, 4) is 0 Å². The molecule has 0 unspecified atom stereocenters. The normalized spacial score (nSPS) is 15.6. The summed E-state index contributed by atoms with van der Waals surface area (Å²) in [6, 6.07) is 6.18. The van der Waals surface area contributed by atoms with E-state index in [2.05, 4.69) is 31.3 Å². The van der Waals surface area contributed by atoms with Gasteiger partial charge in [0.1, 0.15) is 0 Å². The average Bonchev–Trinajstić information content (AvgIpc) is 3.02. The molecule has 0 heterocycles. The monoisotopic (exact) mass is 263 g/mol. The average molecular weight is 263 g/mol. The van der Waals surface area contributed by atoms with Gasteiger partial charge in [-0.3, -0.25) is 4.79 Å². The Kier molecular flexibility index (Phi) is 3.15. The van der Waals surface area contributed by atoms with Crippen LogP contribution in [0.3, 0.4) is 0 Å². The number of rotatable bonds is 3. The number of allylic oxidation sites excluding steroid dienone is 6. The van der Waals surface area contributed by atoms with Crippen molar-refractivity contribution in [2.75, 3.05) is 0 Å². The number of carbonyl (C=O) groups excluding carboxylic acids is 1. The van der Waals surface area contributed by atoms with Crippen molar-refractivity contribution in [3.63, 3.8) is 0 Å². The van der Waals surface area contributed by atoms with Crippen LogP contribution in [0.25, 0.3) is 0 Å². The van der Waals surface area contributed by atoms with Crippen molar-refractivity contribution < 1.29 is 4.79 Å². The van der Waals surface area contributed by atoms with E-state index in [1.54, 1.807) is 0 Å². The zero-order valence-electron chi connectivity index (χ0n) is 11.7. The quantitative estimate of drug-likeness (QED) is 0.891. The molecule has 0 spiro atoms. The van der Waals surface area contributed by atoms with Crippen molar-refractivity contribution in [3.05, 3.63) is 82.0 Å². The number of fused-ring (bicyclic) bond motifs is 1. The predicted octanol–water partition coefficient (Wildman–Crippen LogP) is 3.28. The van der Waals surface area contributed by atoms with E-state index in [0.29, 0.717) is 6.54 Å². The molecule has 0 fully saturated rings. The first kappa shape index (κ1) is 12.7. The summed E-state index contributed by atoms with van der Waals surface area (Å²) in [5, 5.41) is 3.01. The Balaban J connectivity index is 1.68. The summed E-state index contributed by atoms with van der Waals surface area (Å²) in [5.41, 5.74) is 6.58. The van der Waals surface area contributed by atoms with Gasteiger partial charge in [-0.1, -0.05) is 42.5 Å². The highest BCUT2D eigenvalue weighted by Crippen LogP contribution is 2.31. The summed E-state index contributed by atoms with van der Waals surface area (Å²) in [4.78, 5) is 12.3. The topological polar surface area (TPSA) is 29.1 Å². The van der Waals surface area contributed by atoms with E-state index in [1.165, 1.54) is 16.7 Å². The van der Waals surface area contributed by atoms with Gasteiger partial charge in [0.05, 0.1) is 0 Å². The molecule has 0 saturated carbocycles. The lowest BCUT2D eigenvalue weighted by atomic mass is 10.0. The van der Waals surface area contributed by atoms with Crippen molar-refractivity contribution in [1.82, 2.24) is 5.32 Å². The zero-order chi connectivity index (χ0) is 14.1. The molecule has 0 radical (unpaired) electrons. The van der Waals surface area contributed by atoms with Crippen molar-refractivity contribution in [2.45, 2.75) is 20.4 Å². The Morgan fingerprint density at radius 2 is 2.00 bits per heavy atom. The Labute approximate surface area is 119 Å². The molecule has 0 aliphatic heterocycles. The molecule has 2 aliphatic rings. The van der Waals surface area contributed by atoms with Gasteiger partial charge < -0.3 is 5.32 Å². The van der Waals surface area contributed by atoms with Gasteiger partial charge in [-0.25, -0.2) is 0 Å². The van der Waals surface area contributed by atoms with E-state index < -0.39 is 0 Å². The van der Waals surface area contributed by atoms with Crippen molar-refractivity contribution >= 4 is 5.91 Å². The molecule has 1 amide bonds. The van der Waals surface area contributed by atoms with E-state index >= 15 is 0 Å². The van der Waals surface area contributed by atoms with E-state index in [1.807, 2.05) is 36.4 Å². The summed E-state index contributed by atoms with van der Waals surface area (Å²) >= 11 is 0. The number of aryl methyl sites for hydroxylation is 1. The zero-order valence-corrected chi connectivity index (χ0v) is 11.7. The van der Waals surface area contributed by atoms with Crippen LogP contribution in [0, 0.1) is 13.8 Å². The number of amides is 1. The maximum atomic E-state index is 12.3. The summed E-state index contributed by atoms with van der Waals surface area (Å²) in [6.07, 6.45) is 9.87. The first-order valence-electron chi connectivity index (χ1n) is 6.81. The molecule has 0 bridgehead atoms. The number of hydrogen-bond acceptors (Lipinski definition) is 1. The highest BCUT2D eigenvalue weighted by Gasteiger charge is 2.21.